The number of rotatable bonds is 3. The minimum absolute atomic E-state index is 0.102. The summed E-state index contributed by atoms with van der Waals surface area (Å²) in [6, 6.07) is 2.41. The molecule has 3 rings (SSSR count). The van der Waals surface area contributed by atoms with Gasteiger partial charge in [-0.3, -0.25) is 4.79 Å². The lowest BCUT2D eigenvalue weighted by Gasteiger charge is -2.39. The molecule has 20 heavy (non-hydrogen) atoms. The first-order valence-corrected chi connectivity index (χ1v) is 7.53. The van der Waals surface area contributed by atoms with Crippen LogP contribution in [0.2, 0.25) is 0 Å². The molecule has 0 aromatic carbocycles. The number of amides is 1. The minimum Gasteiger partial charge on any atom is -0.364 e. The fourth-order valence-electron chi connectivity index (χ4n) is 3.49. The molecule has 5 nitrogen and oxygen atoms in total. The Bertz CT molecular complexity index is 461. The fraction of sp³-hybridized carbons (Fsp3) is 0.733. The summed E-state index contributed by atoms with van der Waals surface area (Å²) in [4.78, 5) is 17.2. The lowest BCUT2D eigenvalue weighted by molar-refractivity contribution is -0.139. The Kier molecular flexibility index (Phi) is 3.54. The van der Waals surface area contributed by atoms with E-state index in [1.54, 1.807) is 6.26 Å². The molecule has 0 saturated carbocycles. The molecule has 0 unspecified atom stereocenters. The molecule has 0 radical (unpaired) electrons. The number of carbonyl (C=O) groups is 1. The van der Waals surface area contributed by atoms with Crippen LogP contribution in [-0.4, -0.2) is 46.5 Å². The molecule has 0 bridgehead atoms. The van der Waals surface area contributed by atoms with Gasteiger partial charge in [-0.1, -0.05) is 5.16 Å². The Labute approximate surface area is 119 Å². The maximum atomic E-state index is 12.7. The van der Waals surface area contributed by atoms with E-state index in [0.717, 1.165) is 44.6 Å². The largest absolute Gasteiger partial charge is 0.364 e. The lowest BCUT2D eigenvalue weighted by atomic mass is 9.77. The molecule has 2 aliphatic heterocycles. The number of aromatic nitrogens is 1. The third kappa shape index (κ3) is 2.35. The highest BCUT2D eigenvalue weighted by atomic mass is 16.5. The topological polar surface area (TPSA) is 49.6 Å². The number of nitrogens with zero attached hydrogens (tertiary/aromatic N) is 3. The Morgan fingerprint density at radius 1 is 1.30 bits per heavy atom. The van der Waals surface area contributed by atoms with Crippen LogP contribution in [0.1, 0.15) is 38.8 Å². The summed E-state index contributed by atoms with van der Waals surface area (Å²) in [7, 11) is 0. The first kappa shape index (κ1) is 13.6. The molecule has 1 aromatic rings. The number of carbonyl (C=O) groups excluding carboxylic acids is 1. The predicted octanol–water partition coefficient (Wildman–Crippen LogP) is 1.90. The van der Waals surface area contributed by atoms with Crippen LogP contribution in [0.25, 0.3) is 0 Å². The molecule has 1 aromatic heterocycles. The summed E-state index contributed by atoms with van der Waals surface area (Å²) in [5.41, 5.74) is 0.741. The van der Waals surface area contributed by atoms with Crippen molar-refractivity contribution >= 4 is 5.91 Å². The van der Waals surface area contributed by atoms with Gasteiger partial charge in [0, 0.05) is 18.7 Å². The average molecular weight is 277 g/mol. The minimum atomic E-state index is -0.102. The Balaban J connectivity index is 1.64. The third-order valence-electron chi connectivity index (χ3n) is 4.93. The highest BCUT2D eigenvalue weighted by Gasteiger charge is 2.48. The molecule has 2 fully saturated rings. The van der Waals surface area contributed by atoms with E-state index >= 15 is 0 Å². The maximum absolute atomic E-state index is 12.7. The van der Waals surface area contributed by atoms with E-state index in [2.05, 4.69) is 23.9 Å². The van der Waals surface area contributed by atoms with Crippen LogP contribution in [0.3, 0.4) is 0 Å². The van der Waals surface area contributed by atoms with Gasteiger partial charge in [-0.25, -0.2) is 0 Å². The highest BCUT2D eigenvalue weighted by molar-refractivity contribution is 5.85. The van der Waals surface area contributed by atoms with Crippen molar-refractivity contribution in [3.8, 4) is 0 Å². The zero-order valence-electron chi connectivity index (χ0n) is 12.3. The Morgan fingerprint density at radius 2 is 2.00 bits per heavy atom. The van der Waals surface area contributed by atoms with Crippen molar-refractivity contribution in [3.63, 3.8) is 0 Å². The second-order valence-electron chi connectivity index (χ2n) is 6.38. The van der Waals surface area contributed by atoms with E-state index in [4.69, 9.17) is 4.52 Å². The molecule has 3 heterocycles. The number of hydrogen-bond acceptors (Lipinski definition) is 4. The first-order chi connectivity index (χ1) is 9.61. The molecule has 1 amide bonds. The molecule has 2 aliphatic rings. The monoisotopic (exact) mass is 277 g/mol. The zero-order chi connectivity index (χ0) is 14.2. The second-order valence-corrected chi connectivity index (χ2v) is 6.38. The summed E-state index contributed by atoms with van der Waals surface area (Å²) in [5, 5.41) is 3.91. The van der Waals surface area contributed by atoms with Crippen LogP contribution >= 0.6 is 0 Å². The van der Waals surface area contributed by atoms with Crippen LogP contribution in [0.5, 0.6) is 0 Å². The highest BCUT2D eigenvalue weighted by Crippen LogP contribution is 2.42. The normalized spacial score (nSPS) is 23.1. The first-order valence-electron chi connectivity index (χ1n) is 7.53. The molecule has 5 heteroatoms. The van der Waals surface area contributed by atoms with Crippen molar-refractivity contribution in [3.05, 3.63) is 18.0 Å². The predicted molar refractivity (Wildman–Crippen MR) is 74.9 cm³/mol. The van der Waals surface area contributed by atoms with Gasteiger partial charge in [0.15, 0.2) is 0 Å². The van der Waals surface area contributed by atoms with Gasteiger partial charge in [-0.2, -0.15) is 0 Å². The summed E-state index contributed by atoms with van der Waals surface area (Å²) in [5.74, 6) is 0.323. The Morgan fingerprint density at radius 3 is 2.60 bits per heavy atom. The molecule has 2 saturated heterocycles. The summed E-state index contributed by atoms with van der Waals surface area (Å²) in [6.45, 7) is 7.98. The van der Waals surface area contributed by atoms with Gasteiger partial charge in [0.25, 0.3) is 0 Å². The molecule has 0 atom stereocenters. The zero-order valence-corrected chi connectivity index (χ0v) is 12.3. The van der Waals surface area contributed by atoms with Crippen LogP contribution in [0.4, 0.5) is 0 Å². The maximum Gasteiger partial charge on any atom is 0.229 e. The third-order valence-corrected chi connectivity index (χ3v) is 4.93. The number of hydrogen-bond donors (Lipinski definition) is 0. The van der Waals surface area contributed by atoms with Gasteiger partial charge >= 0.3 is 0 Å². The van der Waals surface area contributed by atoms with Crippen molar-refractivity contribution < 1.29 is 9.32 Å². The molecule has 0 N–H and O–H groups in total. The van der Waals surface area contributed by atoms with Crippen molar-refractivity contribution in [1.82, 2.24) is 15.0 Å². The molecular weight excluding hydrogens is 254 g/mol. The van der Waals surface area contributed by atoms with Crippen molar-refractivity contribution in [2.24, 2.45) is 5.41 Å². The van der Waals surface area contributed by atoms with E-state index in [0.29, 0.717) is 18.5 Å². The van der Waals surface area contributed by atoms with Gasteiger partial charge in [0.2, 0.25) is 5.91 Å². The van der Waals surface area contributed by atoms with Crippen LogP contribution in [0.15, 0.2) is 16.9 Å². The summed E-state index contributed by atoms with van der Waals surface area (Å²) >= 11 is 0. The van der Waals surface area contributed by atoms with Crippen molar-refractivity contribution in [2.75, 3.05) is 19.6 Å². The SMILES string of the molecule is CC(C)N1CCC2(CCN(Cc3ccon3)C2=O)CC1. The smallest absolute Gasteiger partial charge is 0.229 e. The second kappa shape index (κ2) is 5.20. The van der Waals surface area contributed by atoms with Crippen molar-refractivity contribution in [2.45, 2.75) is 45.7 Å². The van der Waals surface area contributed by atoms with Gasteiger partial charge < -0.3 is 14.3 Å². The summed E-state index contributed by atoms with van der Waals surface area (Å²) < 4.78 is 4.84. The van der Waals surface area contributed by atoms with Crippen molar-refractivity contribution in [1.29, 1.82) is 0 Å². The Hall–Kier alpha value is -1.36. The number of piperidine rings is 1. The molecule has 1 spiro atoms. The average Bonchev–Trinajstić information content (AvgIpc) is 3.04. The number of likely N-dealkylation sites (tertiary alicyclic amines) is 2. The van der Waals surface area contributed by atoms with Crippen LogP contribution in [0, 0.1) is 5.41 Å². The van der Waals surface area contributed by atoms with E-state index in [1.807, 2.05) is 11.0 Å². The van der Waals surface area contributed by atoms with E-state index in [-0.39, 0.29) is 5.41 Å². The lowest BCUT2D eigenvalue weighted by Crippen LogP contribution is -2.46. The molecule has 0 aliphatic carbocycles. The van der Waals surface area contributed by atoms with Gasteiger partial charge in [-0.05, 0) is 46.2 Å². The van der Waals surface area contributed by atoms with Crippen LogP contribution < -0.4 is 0 Å². The van der Waals surface area contributed by atoms with Crippen LogP contribution in [-0.2, 0) is 11.3 Å². The molecule has 110 valence electrons. The van der Waals surface area contributed by atoms with E-state index < -0.39 is 0 Å². The van der Waals surface area contributed by atoms with E-state index in [1.165, 1.54) is 0 Å². The van der Waals surface area contributed by atoms with Gasteiger partial charge in [0.05, 0.1) is 12.0 Å². The van der Waals surface area contributed by atoms with Gasteiger partial charge in [0.1, 0.15) is 12.0 Å². The quantitative estimate of drug-likeness (QED) is 0.846. The molecular formula is C15H23N3O2. The fourth-order valence-corrected chi connectivity index (χ4v) is 3.49. The van der Waals surface area contributed by atoms with Gasteiger partial charge in [-0.15, -0.1) is 0 Å². The van der Waals surface area contributed by atoms with E-state index in [9.17, 15) is 4.79 Å². The standard InChI is InChI=1S/C15H23N3O2/c1-12(2)17-7-4-15(5-8-17)6-9-18(14(15)19)11-13-3-10-20-16-13/h3,10,12H,4-9,11H2,1-2H3. The summed E-state index contributed by atoms with van der Waals surface area (Å²) in [6.07, 6.45) is 4.56.